The lowest BCUT2D eigenvalue weighted by molar-refractivity contribution is -0.125. The summed E-state index contributed by atoms with van der Waals surface area (Å²) in [7, 11) is -3.60. The molecule has 0 unspecified atom stereocenters. The molecule has 0 aromatic heterocycles. The van der Waals surface area contributed by atoms with Crippen molar-refractivity contribution in [2.24, 2.45) is 0 Å². The van der Waals surface area contributed by atoms with Gasteiger partial charge < -0.3 is 10.1 Å². The Bertz CT molecular complexity index is 968. The van der Waals surface area contributed by atoms with Gasteiger partial charge in [0.1, 0.15) is 0 Å². The molecule has 1 heterocycles. The maximum absolute atomic E-state index is 12.4. The average molecular weight is 388 g/mol. The van der Waals surface area contributed by atoms with Crippen LogP contribution in [0.15, 0.2) is 53.4 Å². The lowest BCUT2D eigenvalue weighted by Gasteiger charge is -2.23. The van der Waals surface area contributed by atoms with Crippen LogP contribution in [-0.2, 0) is 26.0 Å². The monoisotopic (exact) mass is 388 g/mol. The molecule has 0 spiro atoms. The zero-order valence-corrected chi connectivity index (χ0v) is 15.7. The molecule has 0 radical (unpaired) electrons. The molecule has 1 amide bonds. The Kier molecular flexibility index (Phi) is 5.29. The molecule has 0 fully saturated rings. The number of rotatable bonds is 5. The quantitative estimate of drug-likeness (QED) is 0.764. The summed E-state index contributed by atoms with van der Waals surface area (Å²) >= 11 is 0. The van der Waals surface area contributed by atoms with Gasteiger partial charge in [-0.15, -0.1) is 0 Å². The van der Waals surface area contributed by atoms with Crippen molar-refractivity contribution in [3.05, 3.63) is 59.7 Å². The first-order valence-electron chi connectivity index (χ1n) is 8.48. The first kappa shape index (κ1) is 19.1. The molecule has 27 heavy (non-hydrogen) atoms. The van der Waals surface area contributed by atoms with E-state index < -0.39 is 28.0 Å². The standard InChI is InChI=1S/C19H20N2O5S/c1-12(2)21-27(24,25)15-9-7-14(8-10-15)20-18(22)17-11-13-5-3-4-6-16(13)19(23)26-17/h3-10,12,17,21H,11H2,1-2H3,(H,20,22)/t17-/m1/s1. The molecule has 0 bridgehead atoms. The van der Waals surface area contributed by atoms with Crippen LogP contribution in [0.25, 0.3) is 0 Å². The number of sulfonamides is 1. The predicted octanol–water partition coefficient (Wildman–Crippen LogP) is 2.09. The highest BCUT2D eigenvalue weighted by molar-refractivity contribution is 7.89. The minimum atomic E-state index is -3.60. The third-order valence-corrected chi connectivity index (χ3v) is 5.68. The molecule has 2 aromatic rings. The molecule has 7 nitrogen and oxygen atoms in total. The van der Waals surface area contributed by atoms with Crippen LogP contribution in [-0.4, -0.2) is 32.4 Å². The number of nitrogens with one attached hydrogen (secondary N) is 2. The molecular weight excluding hydrogens is 368 g/mol. The number of fused-ring (bicyclic) bond motifs is 1. The average Bonchev–Trinajstić information content (AvgIpc) is 2.61. The highest BCUT2D eigenvalue weighted by Crippen LogP contribution is 2.22. The minimum absolute atomic E-state index is 0.104. The Morgan fingerprint density at radius 2 is 1.78 bits per heavy atom. The number of carbonyl (C=O) groups is 2. The van der Waals surface area contributed by atoms with E-state index >= 15 is 0 Å². The van der Waals surface area contributed by atoms with Gasteiger partial charge in [0.05, 0.1) is 10.5 Å². The van der Waals surface area contributed by atoms with Gasteiger partial charge >= 0.3 is 5.97 Å². The van der Waals surface area contributed by atoms with E-state index in [4.69, 9.17) is 4.74 Å². The van der Waals surface area contributed by atoms with Crippen LogP contribution in [0.3, 0.4) is 0 Å². The second-order valence-corrected chi connectivity index (χ2v) is 8.26. The second-order valence-electron chi connectivity index (χ2n) is 6.54. The zero-order chi connectivity index (χ0) is 19.6. The summed E-state index contributed by atoms with van der Waals surface area (Å²) in [4.78, 5) is 24.6. The smallest absolute Gasteiger partial charge is 0.339 e. The molecule has 3 rings (SSSR count). The van der Waals surface area contributed by atoms with E-state index in [9.17, 15) is 18.0 Å². The van der Waals surface area contributed by atoms with Crippen LogP contribution in [0.2, 0.25) is 0 Å². The first-order valence-corrected chi connectivity index (χ1v) is 9.97. The molecule has 0 aliphatic carbocycles. The number of benzene rings is 2. The summed E-state index contributed by atoms with van der Waals surface area (Å²) in [5.41, 5.74) is 1.64. The lowest BCUT2D eigenvalue weighted by atomic mass is 9.98. The van der Waals surface area contributed by atoms with Crippen molar-refractivity contribution >= 4 is 27.6 Å². The molecule has 142 valence electrons. The van der Waals surface area contributed by atoms with Crippen LogP contribution in [0, 0.1) is 0 Å². The van der Waals surface area contributed by atoms with Crippen LogP contribution in [0.5, 0.6) is 0 Å². The van der Waals surface area contributed by atoms with E-state index in [1.165, 1.54) is 24.3 Å². The SMILES string of the molecule is CC(C)NS(=O)(=O)c1ccc(NC(=O)[C@H]2Cc3ccccc3C(=O)O2)cc1. The van der Waals surface area contributed by atoms with Crippen molar-refractivity contribution in [2.75, 3.05) is 5.32 Å². The third-order valence-electron chi connectivity index (χ3n) is 4.01. The van der Waals surface area contributed by atoms with Crippen molar-refractivity contribution in [2.45, 2.75) is 37.3 Å². The van der Waals surface area contributed by atoms with Crippen LogP contribution in [0.1, 0.15) is 29.8 Å². The molecular formula is C19H20N2O5S. The summed E-state index contributed by atoms with van der Waals surface area (Å²) < 4.78 is 31.9. The van der Waals surface area contributed by atoms with Gasteiger partial charge in [0, 0.05) is 18.2 Å². The van der Waals surface area contributed by atoms with Crippen LogP contribution in [0.4, 0.5) is 5.69 Å². The van der Waals surface area contributed by atoms with Gasteiger partial charge in [-0.3, -0.25) is 4.79 Å². The van der Waals surface area contributed by atoms with Crippen LogP contribution >= 0.6 is 0 Å². The fourth-order valence-electron chi connectivity index (χ4n) is 2.80. The second kappa shape index (κ2) is 7.50. The van der Waals surface area contributed by atoms with E-state index in [1.807, 2.05) is 0 Å². The topological polar surface area (TPSA) is 102 Å². The minimum Gasteiger partial charge on any atom is -0.448 e. The lowest BCUT2D eigenvalue weighted by Crippen LogP contribution is -2.38. The van der Waals surface area contributed by atoms with Crippen molar-refractivity contribution in [1.82, 2.24) is 4.72 Å². The molecule has 1 aliphatic heterocycles. The number of hydrogen-bond acceptors (Lipinski definition) is 5. The Balaban J connectivity index is 1.69. The first-order chi connectivity index (χ1) is 12.8. The predicted molar refractivity (Wildman–Crippen MR) is 99.9 cm³/mol. The van der Waals surface area contributed by atoms with Gasteiger partial charge in [-0.2, -0.15) is 0 Å². The maximum Gasteiger partial charge on any atom is 0.339 e. The summed E-state index contributed by atoms with van der Waals surface area (Å²) in [5, 5.41) is 2.65. The largest absolute Gasteiger partial charge is 0.448 e. The molecule has 2 aromatic carbocycles. The summed E-state index contributed by atoms with van der Waals surface area (Å²) in [6.45, 7) is 3.46. The molecule has 0 saturated heterocycles. The summed E-state index contributed by atoms with van der Waals surface area (Å²) in [5.74, 6) is -0.994. The van der Waals surface area contributed by atoms with Gasteiger partial charge in [-0.05, 0) is 49.7 Å². The highest BCUT2D eigenvalue weighted by atomic mass is 32.2. The van der Waals surface area contributed by atoms with E-state index in [1.54, 1.807) is 38.1 Å². The Morgan fingerprint density at radius 3 is 2.44 bits per heavy atom. The van der Waals surface area contributed by atoms with E-state index in [0.717, 1.165) is 5.56 Å². The van der Waals surface area contributed by atoms with Gasteiger partial charge in [0.15, 0.2) is 6.10 Å². The van der Waals surface area contributed by atoms with Crippen molar-refractivity contribution < 1.29 is 22.7 Å². The van der Waals surface area contributed by atoms with Gasteiger partial charge in [0.25, 0.3) is 5.91 Å². The number of cyclic esters (lactones) is 1. The normalized spacial score (nSPS) is 16.6. The number of carbonyl (C=O) groups excluding carboxylic acids is 2. The van der Waals surface area contributed by atoms with E-state index in [2.05, 4.69) is 10.0 Å². The summed E-state index contributed by atoms with van der Waals surface area (Å²) in [6, 6.07) is 12.6. The fraction of sp³-hybridized carbons (Fsp3) is 0.263. The molecule has 2 N–H and O–H groups in total. The Hall–Kier alpha value is -2.71. The molecule has 1 aliphatic rings. The number of hydrogen-bond donors (Lipinski definition) is 2. The van der Waals surface area contributed by atoms with Gasteiger partial charge in [-0.1, -0.05) is 18.2 Å². The highest BCUT2D eigenvalue weighted by Gasteiger charge is 2.31. The van der Waals surface area contributed by atoms with Crippen molar-refractivity contribution in [3.63, 3.8) is 0 Å². The van der Waals surface area contributed by atoms with Gasteiger partial charge in [-0.25, -0.2) is 17.9 Å². The molecule has 1 atom stereocenters. The van der Waals surface area contributed by atoms with Gasteiger partial charge in [0.2, 0.25) is 10.0 Å². The zero-order valence-electron chi connectivity index (χ0n) is 14.9. The third kappa shape index (κ3) is 4.35. The maximum atomic E-state index is 12.4. The van der Waals surface area contributed by atoms with E-state index in [0.29, 0.717) is 17.7 Å². The van der Waals surface area contributed by atoms with Crippen molar-refractivity contribution in [3.8, 4) is 0 Å². The number of amides is 1. The summed E-state index contributed by atoms with van der Waals surface area (Å²) in [6.07, 6.45) is -0.642. The van der Waals surface area contributed by atoms with Crippen molar-refractivity contribution in [1.29, 1.82) is 0 Å². The Labute approximate surface area is 157 Å². The number of ether oxygens (including phenoxy) is 1. The number of anilines is 1. The van der Waals surface area contributed by atoms with E-state index in [-0.39, 0.29) is 10.9 Å². The Morgan fingerprint density at radius 1 is 1.11 bits per heavy atom. The van der Waals surface area contributed by atoms with Crippen LogP contribution < -0.4 is 10.0 Å². The fourth-order valence-corrected chi connectivity index (χ4v) is 4.05. The molecule has 0 saturated carbocycles. The molecule has 8 heteroatoms. The number of esters is 1.